The van der Waals surface area contributed by atoms with Crippen LogP contribution in [0, 0.1) is 0 Å². The van der Waals surface area contributed by atoms with Crippen molar-refractivity contribution in [1.29, 1.82) is 0 Å². The van der Waals surface area contributed by atoms with Crippen LogP contribution in [0.15, 0.2) is 18.5 Å². The first kappa shape index (κ1) is 17.3. The fraction of sp³-hybridized carbons (Fsp3) is 0.500. The summed E-state index contributed by atoms with van der Waals surface area (Å²) in [6, 6.07) is 4.09. The first-order valence-corrected chi connectivity index (χ1v) is 8.40. The normalized spacial score (nSPS) is 15.3. The minimum Gasteiger partial charge on any atom is -0.493 e. The lowest BCUT2D eigenvalue weighted by atomic mass is 10.0. The maximum Gasteiger partial charge on any atom is 0.219 e. The lowest BCUT2D eigenvalue weighted by molar-refractivity contribution is -0.129. The van der Waals surface area contributed by atoms with Gasteiger partial charge >= 0.3 is 0 Å². The average molecular weight is 344 g/mol. The monoisotopic (exact) mass is 344 g/mol. The molecule has 25 heavy (non-hydrogen) atoms. The summed E-state index contributed by atoms with van der Waals surface area (Å²) in [5, 5.41) is 0.943. The highest BCUT2D eigenvalue weighted by Crippen LogP contribution is 2.35. The topological polar surface area (TPSA) is 67.8 Å². The number of methoxy groups -OCH3 is 2. The minimum atomic E-state index is 0.114. The van der Waals surface area contributed by atoms with E-state index >= 15 is 0 Å². The van der Waals surface area contributed by atoms with E-state index in [-0.39, 0.29) is 11.9 Å². The number of carbonyl (C=O) groups excluding carboxylic acids is 1. The van der Waals surface area contributed by atoms with Gasteiger partial charge in [0.2, 0.25) is 5.91 Å². The number of rotatable bonds is 4. The number of piperidine rings is 1. The van der Waals surface area contributed by atoms with Gasteiger partial charge in [-0.1, -0.05) is 0 Å². The van der Waals surface area contributed by atoms with Gasteiger partial charge in [-0.25, -0.2) is 9.97 Å². The molecule has 1 amide bonds. The number of amides is 1. The summed E-state index contributed by atoms with van der Waals surface area (Å²) in [7, 11) is 5.11. The van der Waals surface area contributed by atoms with Gasteiger partial charge in [0.05, 0.1) is 19.7 Å². The van der Waals surface area contributed by atoms with Crippen molar-refractivity contribution in [3.63, 3.8) is 0 Å². The van der Waals surface area contributed by atoms with Crippen LogP contribution in [0.5, 0.6) is 11.5 Å². The number of aromatic nitrogens is 2. The fourth-order valence-electron chi connectivity index (χ4n) is 3.34. The molecular weight excluding hydrogens is 320 g/mol. The van der Waals surface area contributed by atoms with Gasteiger partial charge in [0, 0.05) is 44.6 Å². The van der Waals surface area contributed by atoms with Gasteiger partial charge in [0.15, 0.2) is 11.5 Å². The number of nitrogens with zero attached hydrogens (tertiary/aromatic N) is 4. The molecular formula is C18H24N4O3. The van der Waals surface area contributed by atoms with Crippen LogP contribution in [-0.4, -0.2) is 61.2 Å². The van der Waals surface area contributed by atoms with E-state index in [2.05, 4.69) is 14.9 Å². The Morgan fingerprint density at radius 3 is 2.40 bits per heavy atom. The van der Waals surface area contributed by atoms with Crippen LogP contribution in [0.25, 0.3) is 10.9 Å². The molecule has 0 spiro atoms. The third kappa shape index (κ3) is 3.31. The van der Waals surface area contributed by atoms with Gasteiger partial charge in [-0.3, -0.25) is 4.79 Å². The summed E-state index contributed by atoms with van der Waals surface area (Å²) in [5.41, 5.74) is 0.825. The molecule has 1 aromatic carbocycles. The largest absolute Gasteiger partial charge is 0.493 e. The molecule has 0 aliphatic carbocycles. The second-order valence-electron chi connectivity index (χ2n) is 6.27. The number of ether oxygens (including phenoxy) is 2. The van der Waals surface area contributed by atoms with E-state index in [1.807, 2.05) is 24.1 Å². The molecule has 0 atom stereocenters. The molecule has 0 radical (unpaired) electrons. The molecule has 1 aromatic heterocycles. The van der Waals surface area contributed by atoms with Crippen molar-refractivity contribution < 1.29 is 14.3 Å². The summed E-state index contributed by atoms with van der Waals surface area (Å²) >= 11 is 0. The van der Waals surface area contributed by atoms with Gasteiger partial charge < -0.3 is 19.3 Å². The van der Waals surface area contributed by atoms with Crippen molar-refractivity contribution in [2.24, 2.45) is 0 Å². The zero-order valence-electron chi connectivity index (χ0n) is 15.2. The van der Waals surface area contributed by atoms with Crippen LogP contribution in [0.4, 0.5) is 5.82 Å². The molecule has 134 valence electrons. The van der Waals surface area contributed by atoms with Crippen molar-refractivity contribution >= 4 is 22.6 Å². The summed E-state index contributed by atoms with van der Waals surface area (Å²) in [6.07, 6.45) is 3.43. The standard InChI is InChI=1S/C18H24N4O3/c1-12(23)21(2)13-5-7-22(8-6-13)18-14-9-16(24-3)17(25-4)10-15(14)19-11-20-18/h9-11,13H,5-8H2,1-4H3. The highest BCUT2D eigenvalue weighted by Gasteiger charge is 2.25. The van der Waals surface area contributed by atoms with E-state index in [4.69, 9.17) is 9.47 Å². The third-order valence-electron chi connectivity index (χ3n) is 4.93. The fourth-order valence-corrected chi connectivity index (χ4v) is 3.34. The zero-order chi connectivity index (χ0) is 18.0. The van der Waals surface area contributed by atoms with Crippen molar-refractivity contribution in [3.05, 3.63) is 18.5 Å². The first-order chi connectivity index (χ1) is 12.0. The van der Waals surface area contributed by atoms with E-state index in [1.165, 1.54) is 0 Å². The van der Waals surface area contributed by atoms with Gasteiger partial charge in [0.1, 0.15) is 12.1 Å². The lowest BCUT2D eigenvalue weighted by Crippen LogP contribution is -2.45. The van der Waals surface area contributed by atoms with Gasteiger partial charge in [0.25, 0.3) is 0 Å². The van der Waals surface area contributed by atoms with Crippen LogP contribution < -0.4 is 14.4 Å². The Bertz CT molecular complexity index is 772. The molecule has 2 aromatic rings. The summed E-state index contributed by atoms with van der Waals surface area (Å²) in [6.45, 7) is 3.31. The van der Waals surface area contributed by atoms with Crippen LogP contribution in [-0.2, 0) is 4.79 Å². The maximum atomic E-state index is 11.6. The highest BCUT2D eigenvalue weighted by atomic mass is 16.5. The van der Waals surface area contributed by atoms with Crippen molar-refractivity contribution in [1.82, 2.24) is 14.9 Å². The number of benzene rings is 1. The zero-order valence-corrected chi connectivity index (χ0v) is 15.2. The molecule has 2 heterocycles. The molecule has 0 unspecified atom stereocenters. The summed E-state index contributed by atoms with van der Waals surface area (Å²) < 4.78 is 10.8. The number of hydrogen-bond acceptors (Lipinski definition) is 6. The second kappa shape index (κ2) is 7.13. The van der Waals surface area contributed by atoms with E-state index in [0.29, 0.717) is 11.5 Å². The number of fused-ring (bicyclic) bond motifs is 1. The lowest BCUT2D eigenvalue weighted by Gasteiger charge is -2.37. The Morgan fingerprint density at radius 2 is 1.80 bits per heavy atom. The van der Waals surface area contributed by atoms with E-state index in [9.17, 15) is 4.79 Å². The van der Waals surface area contributed by atoms with Crippen molar-refractivity contribution in [2.45, 2.75) is 25.8 Å². The molecule has 3 rings (SSSR count). The molecule has 7 nitrogen and oxygen atoms in total. The Labute approximate surface area is 147 Å². The van der Waals surface area contributed by atoms with Crippen LogP contribution in [0.2, 0.25) is 0 Å². The molecule has 1 aliphatic rings. The Balaban J connectivity index is 1.88. The quantitative estimate of drug-likeness (QED) is 0.846. The molecule has 1 fully saturated rings. The summed E-state index contributed by atoms with van der Waals surface area (Å²) in [5.74, 6) is 2.33. The molecule has 0 saturated carbocycles. The van der Waals surface area contributed by atoms with E-state index in [1.54, 1.807) is 27.5 Å². The third-order valence-corrected chi connectivity index (χ3v) is 4.93. The Hall–Kier alpha value is -2.57. The predicted octanol–water partition coefficient (Wildman–Crippen LogP) is 2.09. The number of carbonyl (C=O) groups is 1. The Kier molecular flexibility index (Phi) is 4.92. The maximum absolute atomic E-state index is 11.6. The molecule has 0 N–H and O–H groups in total. The highest BCUT2D eigenvalue weighted by molar-refractivity contribution is 5.92. The van der Waals surface area contributed by atoms with E-state index in [0.717, 1.165) is 42.7 Å². The Morgan fingerprint density at radius 1 is 1.16 bits per heavy atom. The van der Waals surface area contributed by atoms with Gasteiger partial charge in [-0.05, 0) is 18.9 Å². The second-order valence-corrected chi connectivity index (χ2v) is 6.27. The summed E-state index contributed by atoms with van der Waals surface area (Å²) in [4.78, 5) is 24.5. The average Bonchev–Trinajstić information content (AvgIpc) is 2.65. The smallest absolute Gasteiger partial charge is 0.219 e. The van der Waals surface area contributed by atoms with Gasteiger partial charge in [-0.15, -0.1) is 0 Å². The van der Waals surface area contributed by atoms with Crippen LogP contribution >= 0.6 is 0 Å². The number of hydrogen-bond donors (Lipinski definition) is 0. The molecule has 1 saturated heterocycles. The molecule has 0 bridgehead atoms. The van der Waals surface area contributed by atoms with Crippen molar-refractivity contribution in [2.75, 3.05) is 39.3 Å². The minimum absolute atomic E-state index is 0.114. The van der Waals surface area contributed by atoms with Gasteiger partial charge in [-0.2, -0.15) is 0 Å². The van der Waals surface area contributed by atoms with Crippen LogP contribution in [0.1, 0.15) is 19.8 Å². The predicted molar refractivity (Wildman–Crippen MR) is 96.3 cm³/mol. The van der Waals surface area contributed by atoms with Crippen LogP contribution in [0.3, 0.4) is 0 Å². The molecule has 1 aliphatic heterocycles. The van der Waals surface area contributed by atoms with E-state index < -0.39 is 0 Å². The van der Waals surface area contributed by atoms with Crippen molar-refractivity contribution in [3.8, 4) is 11.5 Å². The number of anilines is 1. The SMILES string of the molecule is COc1cc2ncnc(N3CCC(N(C)C(C)=O)CC3)c2cc1OC. The first-order valence-electron chi connectivity index (χ1n) is 8.40. The molecule has 7 heteroatoms.